The van der Waals surface area contributed by atoms with Crippen molar-refractivity contribution in [1.82, 2.24) is 15.6 Å². The summed E-state index contributed by atoms with van der Waals surface area (Å²) < 4.78 is 0. The number of rotatable bonds is 9. The Morgan fingerprint density at radius 3 is 2.56 bits per heavy atom. The topological polar surface area (TPSA) is 180 Å². The molecule has 1 aromatic carbocycles. The van der Waals surface area contributed by atoms with Crippen molar-refractivity contribution in [3.05, 3.63) is 36.0 Å². The molecule has 2 atom stereocenters. The van der Waals surface area contributed by atoms with Gasteiger partial charge in [-0.3, -0.25) is 14.4 Å². The molecule has 1 heterocycles. The number of carbonyl (C=O) groups is 4. The van der Waals surface area contributed by atoms with Crippen LogP contribution in [0.5, 0.6) is 0 Å². The van der Waals surface area contributed by atoms with Crippen molar-refractivity contribution >= 4 is 34.6 Å². The van der Waals surface area contributed by atoms with Crippen LogP contribution in [0, 0.1) is 0 Å². The molecule has 144 valence electrons. The highest BCUT2D eigenvalue weighted by molar-refractivity contribution is 5.92. The minimum atomic E-state index is -1.20. The lowest BCUT2D eigenvalue weighted by molar-refractivity contribution is -0.141. The van der Waals surface area contributed by atoms with Crippen LogP contribution in [0.15, 0.2) is 30.5 Å². The van der Waals surface area contributed by atoms with Gasteiger partial charge in [-0.25, -0.2) is 4.79 Å². The highest BCUT2D eigenvalue weighted by Gasteiger charge is 2.23. The van der Waals surface area contributed by atoms with Gasteiger partial charge in [0.2, 0.25) is 17.7 Å². The van der Waals surface area contributed by atoms with Gasteiger partial charge < -0.3 is 32.2 Å². The van der Waals surface area contributed by atoms with E-state index in [4.69, 9.17) is 11.5 Å². The maximum atomic E-state index is 12.0. The highest BCUT2D eigenvalue weighted by atomic mass is 16.4. The molecule has 3 amide bonds. The molecule has 0 bridgehead atoms. The van der Waals surface area contributed by atoms with E-state index in [1.807, 2.05) is 24.3 Å². The molecule has 2 aromatic rings. The van der Waals surface area contributed by atoms with E-state index in [0.29, 0.717) is 0 Å². The van der Waals surface area contributed by atoms with Gasteiger partial charge in [-0.1, -0.05) is 18.2 Å². The van der Waals surface area contributed by atoms with Crippen molar-refractivity contribution in [2.45, 2.75) is 24.9 Å². The summed E-state index contributed by atoms with van der Waals surface area (Å²) in [5.41, 5.74) is 12.0. The minimum absolute atomic E-state index is 0.0697. The summed E-state index contributed by atoms with van der Waals surface area (Å²) in [7, 11) is 0. The Balaban J connectivity index is 1.93. The van der Waals surface area contributed by atoms with Crippen LogP contribution in [0.4, 0.5) is 0 Å². The number of benzene rings is 1. The number of nitrogens with two attached hydrogens (primary N) is 2. The molecule has 0 spiro atoms. The maximum Gasteiger partial charge on any atom is 0.326 e. The Kier molecular flexibility index (Phi) is 6.50. The summed E-state index contributed by atoms with van der Waals surface area (Å²) in [6.07, 6.45) is 1.41. The lowest BCUT2D eigenvalue weighted by Crippen LogP contribution is -2.49. The number of aromatic nitrogens is 1. The molecule has 0 saturated carbocycles. The van der Waals surface area contributed by atoms with Crippen molar-refractivity contribution in [2.75, 3.05) is 6.54 Å². The fraction of sp³-hybridized carbons (Fsp3) is 0.294. The summed E-state index contributed by atoms with van der Waals surface area (Å²) in [6.45, 7) is -0.469. The van der Waals surface area contributed by atoms with Crippen LogP contribution in [-0.4, -0.2) is 52.4 Å². The quantitative estimate of drug-likeness (QED) is 0.313. The second kappa shape index (κ2) is 8.81. The Bertz CT molecular complexity index is 862. The van der Waals surface area contributed by atoms with Gasteiger partial charge in [0.05, 0.1) is 19.0 Å². The second-order valence-corrected chi connectivity index (χ2v) is 6.02. The lowest BCUT2D eigenvalue weighted by Gasteiger charge is -2.15. The molecule has 0 fully saturated rings. The molecule has 0 aliphatic heterocycles. The van der Waals surface area contributed by atoms with E-state index < -0.39 is 42.3 Å². The molecule has 0 saturated heterocycles. The second-order valence-electron chi connectivity index (χ2n) is 6.02. The molecule has 1 aromatic heterocycles. The van der Waals surface area contributed by atoms with Gasteiger partial charge in [-0.2, -0.15) is 0 Å². The number of aliphatic carboxylic acids is 1. The Morgan fingerprint density at radius 2 is 1.89 bits per heavy atom. The molecule has 0 radical (unpaired) electrons. The number of amides is 3. The zero-order valence-electron chi connectivity index (χ0n) is 14.4. The molecule has 10 heteroatoms. The zero-order valence-corrected chi connectivity index (χ0v) is 14.4. The Morgan fingerprint density at radius 1 is 1.19 bits per heavy atom. The number of para-hydroxylation sites is 1. The first-order valence-electron chi connectivity index (χ1n) is 8.16. The average Bonchev–Trinajstić information content (AvgIpc) is 3.01. The Hall–Kier alpha value is -3.40. The smallest absolute Gasteiger partial charge is 0.326 e. The zero-order chi connectivity index (χ0) is 20.0. The van der Waals surface area contributed by atoms with E-state index in [0.717, 1.165) is 16.5 Å². The molecule has 10 nitrogen and oxygen atoms in total. The van der Waals surface area contributed by atoms with Crippen LogP contribution in [0.3, 0.4) is 0 Å². The molecule has 0 unspecified atom stereocenters. The standard InChI is InChI=1S/C17H21N5O5/c18-11(6-14(19)23)16(25)21-8-15(24)22-13(17(26)27)5-9-7-20-12-4-2-1-3-10(9)12/h1-4,7,11,13,20H,5-6,8,18H2,(H2,19,23)(H,21,25)(H,22,24)(H,26,27)/t11-,13-/m0/s1. The van der Waals surface area contributed by atoms with Crippen molar-refractivity contribution in [3.63, 3.8) is 0 Å². The summed E-state index contributed by atoms with van der Waals surface area (Å²) in [4.78, 5) is 48.9. The SMILES string of the molecule is NC(=O)C[C@H](N)C(=O)NCC(=O)N[C@@H](Cc1c[nH]c2ccccc12)C(=O)O. The van der Waals surface area contributed by atoms with E-state index >= 15 is 0 Å². The number of nitrogens with one attached hydrogen (secondary N) is 3. The van der Waals surface area contributed by atoms with Crippen molar-refractivity contribution in [1.29, 1.82) is 0 Å². The minimum Gasteiger partial charge on any atom is -0.480 e. The van der Waals surface area contributed by atoms with Crippen LogP contribution in [0.2, 0.25) is 0 Å². The number of primary amides is 1. The number of H-pyrrole nitrogens is 1. The summed E-state index contributed by atoms with van der Waals surface area (Å²) >= 11 is 0. The summed E-state index contributed by atoms with van der Waals surface area (Å²) in [6, 6.07) is 5.05. The van der Waals surface area contributed by atoms with Crippen LogP contribution >= 0.6 is 0 Å². The third kappa shape index (κ3) is 5.54. The van der Waals surface area contributed by atoms with Gasteiger partial charge in [0.1, 0.15) is 6.04 Å². The van der Waals surface area contributed by atoms with Gasteiger partial charge in [-0.15, -0.1) is 0 Å². The van der Waals surface area contributed by atoms with Crippen molar-refractivity contribution < 1.29 is 24.3 Å². The number of hydrogen-bond acceptors (Lipinski definition) is 5. The number of hydrogen-bond donors (Lipinski definition) is 6. The van der Waals surface area contributed by atoms with Gasteiger partial charge >= 0.3 is 5.97 Å². The number of fused-ring (bicyclic) bond motifs is 1. The third-order valence-electron chi connectivity index (χ3n) is 3.91. The number of carboxylic acid groups (broad SMARTS) is 1. The van der Waals surface area contributed by atoms with Gasteiger partial charge in [-0.05, 0) is 11.6 Å². The first-order chi connectivity index (χ1) is 12.8. The largest absolute Gasteiger partial charge is 0.480 e. The summed E-state index contributed by atoms with van der Waals surface area (Å²) in [5, 5.41) is 14.8. The highest BCUT2D eigenvalue weighted by Crippen LogP contribution is 2.19. The van der Waals surface area contributed by atoms with E-state index in [2.05, 4.69) is 15.6 Å². The first-order valence-corrected chi connectivity index (χ1v) is 8.16. The normalized spacial score (nSPS) is 12.9. The van der Waals surface area contributed by atoms with Crippen LogP contribution in [0.1, 0.15) is 12.0 Å². The van der Waals surface area contributed by atoms with Gasteiger partial charge in [0.25, 0.3) is 0 Å². The number of carboxylic acids is 1. The van der Waals surface area contributed by atoms with Crippen LogP contribution in [0.25, 0.3) is 10.9 Å². The summed E-state index contributed by atoms with van der Waals surface area (Å²) in [5.74, 6) is -3.37. The number of carbonyl (C=O) groups excluding carboxylic acids is 3. The van der Waals surface area contributed by atoms with E-state index in [1.54, 1.807) is 6.20 Å². The fourth-order valence-electron chi connectivity index (χ4n) is 2.57. The van der Waals surface area contributed by atoms with Crippen molar-refractivity contribution in [3.8, 4) is 0 Å². The van der Waals surface area contributed by atoms with Crippen molar-refractivity contribution in [2.24, 2.45) is 11.5 Å². The van der Waals surface area contributed by atoms with Gasteiger partial charge in [0, 0.05) is 23.5 Å². The number of aromatic amines is 1. The maximum absolute atomic E-state index is 12.0. The molecule has 0 aliphatic carbocycles. The molecule has 27 heavy (non-hydrogen) atoms. The molecular formula is C17H21N5O5. The third-order valence-corrected chi connectivity index (χ3v) is 3.91. The molecule has 0 aliphatic rings. The average molecular weight is 375 g/mol. The predicted octanol–water partition coefficient (Wildman–Crippen LogP) is -1.40. The lowest BCUT2D eigenvalue weighted by atomic mass is 10.0. The Labute approximate surface area is 154 Å². The van der Waals surface area contributed by atoms with E-state index in [1.165, 1.54) is 0 Å². The molecule has 8 N–H and O–H groups in total. The van der Waals surface area contributed by atoms with Crippen LogP contribution in [-0.2, 0) is 25.6 Å². The molecular weight excluding hydrogens is 354 g/mol. The predicted molar refractivity (Wildman–Crippen MR) is 96.4 cm³/mol. The molecule has 2 rings (SSSR count). The fourth-order valence-corrected chi connectivity index (χ4v) is 2.57. The van der Waals surface area contributed by atoms with E-state index in [-0.39, 0.29) is 12.8 Å². The monoisotopic (exact) mass is 375 g/mol. The van der Waals surface area contributed by atoms with E-state index in [9.17, 15) is 24.3 Å². The van der Waals surface area contributed by atoms with Crippen LogP contribution < -0.4 is 22.1 Å². The first kappa shape index (κ1) is 19.9. The van der Waals surface area contributed by atoms with Gasteiger partial charge in [0.15, 0.2) is 0 Å².